The average molecular weight is 250 g/mol. The van der Waals surface area contributed by atoms with Crippen LogP contribution >= 0.6 is 11.3 Å². The van der Waals surface area contributed by atoms with Crippen LogP contribution in [-0.2, 0) is 4.74 Å². The lowest BCUT2D eigenvalue weighted by molar-refractivity contribution is 0.134. The van der Waals surface area contributed by atoms with Crippen LogP contribution in [0.1, 0.15) is 19.8 Å². The van der Waals surface area contributed by atoms with Gasteiger partial charge >= 0.3 is 0 Å². The quantitative estimate of drug-likeness (QED) is 0.763. The Morgan fingerprint density at radius 1 is 1.29 bits per heavy atom. The maximum absolute atomic E-state index is 5.42. The van der Waals surface area contributed by atoms with Crippen LogP contribution in [0.3, 0.4) is 0 Å². The Hall–Kier alpha value is -1.13. The Morgan fingerprint density at radius 3 is 3.00 bits per heavy atom. The molecule has 2 rings (SSSR count). The lowest BCUT2D eigenvalue weighted by Crippen LogP contribution is -2.05. The molecule has 0 aliphatic rings. The van der Waals surface area contributed by atoms with Crippen molar-refractivity contribution in [3.8, 4) is 0 Å². The van der Waals surface area contributed by atoms with Gasteiger partial charge in [-0.25, -0.2) is 4.98 Å². The van der Waals surface area contributed by atoms with Gasteiger partial charge < -0.3 is 10.1 Å². The van der Waals surface area contributed by atoms with E-state index in [0.717, 1.165) is 43.2 Å². The van der Waals surface area contributed by atoms with Gasteiger partial charge in [-0.2, -0.15) is 0 Å². The van der Waals surface area contributed by atoms with E-state index in [-0.39, 0.29) is 0 Å². The van der Waals surface area contributed by atoms with Crippen molar-refractivity contribution in [2.24, 2.45) is 0 Å². The topological polar surface area (TPSA) is 34.1 Å². The first-order valence-corrected chi connectivity index (χ1v) is 6.89. The molecule has 0 spiro atoms. The van der Waals surface area contributed by atoms with Crippen molar-refractivity contribution in [3.05, 3.63) is 24.3 Å². The van der Waals surface area contributed by atoms with E-state index in [1.54, 1.807) is 11.3 Å². The molecule has 0 bridgehead atoms. The molecule has 2 aromatic rings. The molecule has 0 aliphatic heterocycles. The van der Waals surface area contributed by atoms with Crippen molar-refractivity contribution >= 4 is 26.7 Å². The molecule has 0 radical (unpaired) electrons. The molecule has 17 heavy (non-hydrogen) atoms. The molecule has 0 unspecified atom stereocenters. The molecule has 1 aromatic carbocycles. The first-order valence-electron chi connectivity index (χ1n) is 6.07. The van der Waals surface area contributed by atoms with Crippen molar-refractivity contribution in [2.75, 3.05) is 25.1 Å². The van der Waals surface area contributed by atoms with E-state index in [0.29, 0.717) is 0 Å². The minimum absolute atomic E-state index is 0.825. The van der Waals surface area contributed by atoms with Crippen LogP contribution in [0.25, 0.3) is 10.2 Å². The predicted octanol–water partition coefficient (Wildman–Crippen LogP) is 3.52. The second kappa shape index (κ2) is 6.57. The number of rotatable bonds is 7. The van der Waals surface area contributed by atoms with Crippen LogP contribution in [0.15, 0.2) is 24.3 Å². The molecule has 1 heterocycles. The monoisotopic (exact) mass is 250 g/mol. The molecule has 4 heteroatoms. The van der Waals surface area contributed by atoms with Gasteiger partial charge in [-0.15, -0.1) is 0 Å². The molecule has 3 nitrogen and oxygen atoms in total. The molecular weight excluding hydrogens is 232 g/mol. The Kier molecular flexibility index (Phi) is 4.76. The normalized spacial score (nSPS) is 10.9. The summed E-state index contributed by atoms with van der Waals surface area (Å²) >= 11 is 1.70. The van der Waals surface area contributed by atoms with Gasteiger partial charge in [0.25, 0.3) is 0 Å². The van der Waals surface area contributed by atoms with Crippen LogP contribution in [0.5, 0.6) is 0 Å². The fraction of sp³-hybridized carbons (Fsp3) is 0.462. The number of anilines is 1. The second-order valence-corrected chi connectivity index (χ2v) is 4.91. The van der Waals surface area contributed by atoms with Gasteiger partial charge in [-0.1, -0.05) is 30.4 Å². The fourth-order valence-electron chi connectivity index (χ4n) is 1.56. The highest BCUT2D eigenvalue weighted by atomic mass is 32.1. The van der Waals surface area contributed by atoms with Crippen LogP contribution in [-0.4, -0.2) is 24.7 Å². The van der Waals surface area contributed by atoms with Crippen molar-refractivity contribution in [3.63, 3.8) is 0 Å². The number of hydrogen-bond donors (Lipinski definition) is 1. The number of fused-ring (bicyclic) bond motifs is 1. The Labute approximate surface area is 106 Å². The minimum atomic E-state index is 0.825. The van der Waals surface area contributed by atoms with Gasteiger partial charge in [0.05, 0.1) is 10.2 Å². The highest BCUT2D eigenvalue weighted by Crippen LogP contribution is 2.25. The summed E-state index contributed by atoms with van der Waals surface area (Å²) < 4.78 is 6.66. The highest BCUT2D eigenvalue weighted by molar-refractivity contribution is 7.22. The molecule has 0 amide bonds. The largest absolute Gasteiger partial charge is 0.381 e. The minimum Gasteiger partial charge on any atom is -0.381 e. The fourth-order valence-corrected chi connectivity index (χ4v) is 2.46. The first-order chi connectivity index (χ1) is 8.40. The van der Waals surface area contributed by atoms with Gasteiger partial charge in [0.15, 0.2) is 5.13 Å². The van der Waals surface area contributed by atoms with E-state index in [9.17, 15) is 0 Å². The van der Waals surface area contributed by atoms with E-state index >= 15 is 0 Å². The predicted molar refractivity (Wildman–Crippen MR) is 73.8 cm³/mol. The summed E-state index contributed by atoms with van der Waals surface area (Å²) in [5.41, 5.74) is 1.07. The SMILES string of the molecule is CCCOCCCNc1nc2ccccc2s1. The summed E-state index contributed by atoms with van der Waals surface area (Å²) in [5.74, 6) is 0. The summed E-state index contributed by atoms with van der Waals surface area (Å²) in [6, 6.07) is 8.21. The zero-order valence-electron chi connectivity index (χ0n) is 10.1. The van der Waals surface area contributed by atoms with E-state index in [1.807, 2.05) is 18.2 Å². The number of ether oxygens (including phenoxy) is 1. The summed E-state index contributed by atoms with van der Waals surface area (Å²) in [6.07, 6.45) is 2.11. The molecule has 0 atom stereocenters. The summed E-state index contributed by atoms with van der Waals surface area (Å²) in [7, 11) is 0. The number of hydrogen-bond acceptors (Lipinski definition) is 4. The number of para-hydroxylation sites is 1. The zero-order valence-corrected chi connectivity index (χ0v) is 10.9. The maximum atomic E-state index is 5.42. The summed E-state index contributed by atoms with van der Waals surface area (Å²) in [5, 5.41) is 4.34. The van der Waals surface area contributed by atoms with Crippen molar-refractivity contribution in [2.45, 2.75) is 19.8 Å². The smallest absolute Gasteiger partial charge is 0.183 e. The van der Waals surface area contributed by atoms with Gasteiger partial charge in [0, 0.05) is 19.8 Å². The Bertz CT molecular complexity index is 422. The highest BCUT2D eigenvalue weighted by Gasteiger charge is 2.01. The van der Waals surface area contributed by atoms with E-state index < -0.39 is 0 Å². The number of nitrogens with zero attached hydrogens (tertiary/aromatic N) is 1. The van der Waals surface area contributed by atoms with Crippen LogP contribution in [0.2, 0.25) is 0 Å². The molecule has 0 saturated carbocycles. The standard InChI is InChI=1S/C13H18N2OS/c1-2-9-16-10-5-8-14-13-15-11-6-3-4-7-12(11)17-13/h3-4,6-7H,2,5,8-10H2,1H3,(H,14,15). The number of benzene rings is 1. The number of nitrogens with one attached hydrogen (secondary N) is 1. The number of thiazole rings is 1. The van der Waals surface area contributed by atoms with Gasteiger partial charge in [-0.05, 0) is 25.0 Å². The third-order valence-electron chi connectivity index (χ3n) is 2.38. The third-order valence-corrected chi connectivity index (χ3v) is 3.38. The van der Waals surface area contributed by atoms with Crippen LogP contribution < -0.4 is 5.32 Å². The first kappa shape index (κ1) is 12.3. The van der Waals surface area contributed by atoms with Gasteiger partial charge in [-0.3, -0.25) is 0 Å². The van der Waals surface area contributed by atoms with Crippen molar-refractivity contribution in [1.29, 1.82) is 0 Å². The lowest BCUT2D eigenvalue weighted by Gasteiger charge is -2.03. The molecule has 1 aromatic heterocycles. The maximum Gasteiger partial charge on any atom is 0.183 e. The van der Waals surface area contributed by atoms with Gasteiger partial charge in [0.2, 0.25) is 0 Å². The van der Waals surface area contributed by atoms with E-state index in [4.69, 9.17) is 4.74 Å². The molecule has 0 aliphatic carbocycles. The van der Waals surface area contributed by atoms with Gasteiger partial charge in [0.1, 0.15) is 0 Å². The van der Waals surface area contributed by atoms with Crippen molar-refractivity contribution in [1.82, 2.24) is 4.98 Å². The lowest BCUT2D eigenvalue weighted by atomic mass is 10.3. The van der Waals surface area contributed by atoms with E-state index in [2.05, 4.69) is 23.3 Å². The van der Waals surface area contributed by atoms with Crippen LogP contribution in [0, 0.1) is 0 Å². The molecule has 1 N–H and O–H groups in total. The zero-order chi connectivity index (χ0) is 11.9. The summed E-state index contributed by atoms with van der Waals surface area (Å²) in [4.78, 5) is 4.51. The third kappa shape index (κ3) is 3.68. The number of aromatic nitrogens is 1. The van der Waals surface area contributed by atoms with Crippen LogP contribution in [0.4, 0.5) is 5.13 Å². The molecule has 0 saturated heterocycles. The molecule has 92 valence electrons. The summed E-state index contributed by atoms with van der Waals surface area (Å²) in [6.45, 7) is 4.73. The van der Waals surface area contributed by atoms with Crippen molar-refractivity contribution < 1.29 is 4.74 Å². The Morgan fingerprint density at radius 2 is 2.18 bits per heavy atom. The average Bonchev–Trinajstić information content (AvgIpc) is 2.76. The Balaban J connectivity index is 1.75. The van der Waals surface area contributed by atoms with E-state index in [1.165, 1.54) is 4.70 Å². The second-order valence-electron chi connectivity index (χ2n) is 3.88. The molecular formula is C13H18N2OS. The molecule has 0 fully saturated rings.